The second-order valence-electron chi connectivity index (χ2n) is 6.08. The van der Waals surface area contributed by atoms with Crippen LogP contribution < -0.4 is 11.0 Å². The molecule has 128 valence electrons. The van der Waals surface area contributed by atoms with Gasteiger partial charge in [0.2, 0.25) is 11.8 Å². The number of hydrogen-bond donors (Lipinski definition) is 3. The minimum atomic E-state index is -0.413. The lowest BCUT2D eigenvalue weighted by Crippen LogP contribution is -2.27. The summed E-state index contributed by atoms with van der Waals surface area (Å²) in [5, 5.41) is 2.81. The number of hydrogen-bond acceptors (Lipinski definition) is 4. The fraction of sp³-hybridized carbons (Fsp3) is 0.235. The smallest absolute Gasteiger partial charge is 0.323 e. The fourth-order valence-corrected chi connectivity index (χ4v) is 3.05. The van der Waals surface area contributed by atoms with Crippen molar-refractivity contribution >= 4 is 28.5 Å². The number of nitrogens with one attached hydrogen (secondary N) is 3. The van der Waals surface area contributed by atoms with E-state index in [2.05, 4.69) is 15.3 Å². The highest BCUT2D eigenvalue weighted by atomic mass is 16.3. The molecule has 4 rings (SSSR count). The standard InChI is InChI=1S/C17H16N4O4/c22-15-6-10(8-21(15)9-12-2-1-5-25-12)16(23)18-11-3-4-13-14(7-11)20-17(24)19-13/h1-5,7,10H,6,8-9H2,(H,18,23)(H2,19,20,24). The summed E-state index contributed by atoms with van der Waals surface area (Å²) in [6, 6.07) is 8.67. The molecule has 8 heteroatoms. The number of H-pyrrole nitrogens is 2. The third-order valence-electron chi connectivity index (χ3n) is 4.30. The number of nitrogens with zero attached hydrogens (tertiary/aromatic N) is 1. The Morgan fingerprint density at radius 1 is 1.24 bits per heavy atom. The van der Waals surface area contributed by atoms with Crippen LogP contribution >= 0.6 is 0 Å². The molecular weight excluding hydrogens is 324 g/mol. The highest BCUT2D eigenvalue weighted by Crippen LogP contribution is 2.23. The lowest BCUT2D eigenvalue weighted by atomic mass is 10.1. The number of carbonyl (C=O) groups is 2. The molecule has 2 amide bonds. The summed E-state index contributed by atoms with van der Waals surface area (Å²) >= 11 is 0. The van der Waals surface area contributed by atoms with Crippen molar-refractivity contribution in [3.05, 3.63) is 52.8 Å². The van der Waals surface area contributed by atoms with Crippen molar-refractivity contribution in [2.24, 2.45) is 5.92 Å². The number of anilines is 1. The number of furan rings is 1. The highest BCUT2D eigenvalue weighted by Gasteiger charge is 2.34. The van der Waals surface area contributed by atoms with Gasteiger partial charge in [-0.25, -0.2) is 4.79 Å². The summed E-state index contributed by atoms with van der Waals surface area (Å²) in [7, 11) is 0. The number of likely N-dealkylation sites (tertiary alicyclic amines) is 1. The third kappa shape index (κ3) is 3.06. The molecule has 1 aromatic carbocycles. The second kappa shape index (κ2) is 5.97. The van der Waals surface area contributed by atoms with Crippen LogP contribution in [0.15, 0.2) is 45.8 Å². The van der Waals surface area contributed by atoms with Gasteiger partial charge in [-0.15, -0.1) is 0 Å². The molecular formula is C17H16N4O4. The molecule has 1 aliphatic rings. The largest absolute Gasteiger partial charge is 0.467 e. The zero-order chi connectivity index (χ0) is 17.4. The Bertz CT molecular complexity index is 986. The Kier molecular flexibility index (Phi) is 3.64. The van der Waals surface area contributed by atoms with E-state index >= 15 is 0 Å². The molecule has 8 nitrogen and oxygen atoms in total. The molecule has 0 saturated carbocycles. The van der Waals surface area contributed by atoms with Crippen LogP contribution in [0.1, 0.15) is 12.2 Å². The second-order valence-corrected chi connectivity index (χ2v) is 6.08. The number of imidazole rings is 1. The normalized spacial score (nSPS) is 17.4. The maximum Gasteiger partial charge on any atom is 0.323 e. The van der Waals surface area contributed by atoms with E-state index in [1.807, 2.05) is 0 Å². The first-order valence-corrected chi connectivity index (χ1v) is 7.91. The van der Waals surface area contributed by atoms with E-state index < -0.39 is 5.92 Å². The molecule has 0 radical (unpaired) electrons. The van der Waals surface area contributed by atoms with Gasteiger partial charge in [-0.2, -0.15) is 0 Å². The first-order chi connectivity index (χ1) is 12.1. The highest BCUT2D eigenvalue weighted by molar-refractivity contribution is 5.98. The number of amides is 2. The molecule has 1 aliphatic heterocycles. The topological polar surface area (TPSA) is 111 Å². The van der Waals surface area contributed by atoms with Gasteiger partial charge in [0.05, 0.1) is 29.8 Å². The fourth-order valence-electron chi connectivity index (χ4n) is 3.05. The molecule has 1 fully saturated rings. The Hall–Kier alpha value is -3.29. The van der Waals surface area contributed by atoms with Gasteiger partial charge in [-0.1, -0.05) is 0 Å². The van der Waals surface area contributed by atoms with Gasteiger partial charge in [0.1, 0.15) is 5.76 Å². The van der Waals surface area contributed by atoms with Crippen LogP contribution in [-0.4, -0.2) is 33.2 Å². The molecule has 3 heterocycles. The van der Waals surface area contributed by atoms with Crippen LogP contribution in [0.2, 0.25) is 0 Å². The number of aromatic amines is 2. The predicted molar refractivity (Wildman–Crippen MR) is 89.8 cm³/mol. The monoisotopic (exact) mass is 340 g/mol. The van der Waals surface area contributed by atoms with Crippen LogP contribution in [0.3, 0.4) is 0 Å². The number of carbonyl (C=O) groups excluding carboxylic acids is 2. The third-order valence-corrected chi connectivity index (χ3v) is 4.30. The van der Waals surface area contributed by atoms with Crippen molar-refractivity contribution < 1.29 is 14.0 Å². The van der Waals surface area contributed by atoms with Crippen molar-refractivity contribution in [1.82, 2.24) is 14.9 Å². The van der Waals surface area contributed by atoms with E-state index in [4.69, 9.17) is 4.42 Å². The van der Waals surface area contributed by atoms with Gasteiger partial charge in [0, 0.05) is 18.7 Å². The van der Waals surface area contributed by atoms with E-state index in [0.29, 0.717) is 35.6 Å². The quantitative estimate of drug-likeness (QED) is 0.667. The first kappa shape index (κ1) is 15.3. The van der Waals surface area contributed by atoms with Gasteiger partial charge >= 0.3 is 5.69 Å². The van der Waals surface area contributed by atoms with Gasteiger partial charge in [-0.05, 0) is 30.3 Å². The maximum absolute atomic E-state index is 12.5. The van der Waals surface area contributed by atoms with Crippen molar-refractivity contribution in [2.75, 3.05) is 11.9 Å². The lowest BCUT2D eigenvalue weighted by molar-refractivity contribution is -0.128. The van der Waals surface area contributed by atoms with Crippen molar-refractivity contribution in [2.45, 2.75) is 13.0 Å². The van der Waals surface area contributed by atoms with Crippen LogP contribution in [0, 0.1) is 5.92 Å². The average molecular weight is 340 g/mol. The van der Waals surface area contributed by atoms with E-state index in [9.17, 15) is 14.4 Å². The molecule has 0 spiro atoms. The predicted octanol–water partition coefficient (Wildman–Crippen LogP) is 1.44. The van der Waals surface area contributed by atoms with Gasteiger partial charge in [0.25, 0.3) is 0 Å². The lowest BCUT2D eigenvalue weighted by Gasteiger charge is -2.15. The molecule has 3 aromatic rings. The molecule has 2 aromatic heterocycles. The van der Waals surface area contributed by atoms with Crippen LogP contribution in [0.5, 0.6) is 0 Å². The van der Waals surface area contributed by atoms with Gasteiger partial charge in [-0.3, -0.25) is 9.59 Å². The van der Waals surface area contributed by atoms with E-state index in [1.54, 1.807) is 41.5 Å². The van der Waals surface area contributed by atoms with Crippen molar-refractivity contribution in [1.29, 1.82) is 0 Å². The molecule has 1 unspecified atom stereocenters. The Morgan fingerprint density at radius 2 is 2.08 bits per heavy atom. The first-order valence-electron chi connectivity index (χ1n) is 7.91. The molecule has 25 heavy (non-hydrogen) atoms. The molecule has 1 atom stereocenters. The summed E-state index contributed by atoms with van der Waals surface area (Å²) in [5.41, 5.74) is 1.56. The summed E-state index contributed by atoms with van der Waals surface area (Å²) in [6.45, 7) is 0.723. The Balaban J connectivity index is 1.43. The van der Waals surface area contributed by atoms with Gasteiger partial charge in [0.15, 0.2) is 0 Å². The maximum atomic E-state index is 12.5. The Morgan fingerprint density at radius 3 is 2.88 bits per heavy atom. The number of fused-ring (bicyclic) bond motifs is 1. The number of benzene rings is 1. The van der Waals surface area contributed by atoms with Crippen molar-refractivity contribution in [3.63, 3.8) is 0 Å². The Labute approximate surface area is 141 Å². The number of aromatic nitrogens is 2. The van der Waals surface area contributed by atoms with E-state index in [0.717, 1.165) is 0 Å². The van der Waals surface area contributed by atoms with Crippen molar-refractivity contribution in [3.8, 4) is 0 Å². The van der Waals surface area contributed by atoms with Crippen LogP contribution in [0.25, 0.3) is 11.0 Å². The molecule has 3 N–H and O–H groups in total. The van der Waals surface area contributed by atoms with Gasteiger partial charge < -0.3 is 24.6 Å². The summed E-state index contributed by atoms with van der Waals surface area (Å²) in [6.07, 6.45) is 1.73. The minimum Gasteiger partial charge on any atom is -0.467 e. The molecule has 0 aliphatic carbocycles. The minimum absolute atomic E-state index is 0.0676. The zero-order valence-electron chi connectivity index (χ0n) is 13.2. The zero-order valence-corrected chi connectivity index (χ0v) is 13.2. The average Bonchev–Trinajstić information content (AvgIpc) is 3.28. The van der Waals surface area contributed by atoms with E-state index in [-0.39, 0.29) is 23.9 Å². The SMILES string of the molecule is O=C(Nc1ccc2[nH]c(=O)[nH]c2c1)C1CC(=O)N(Cc2ccco2)C1. The molecule has 1 saturated heterocycles. The van der Waals surface area contributed by atoms with Crippen LogP contribution in [-0.2, 0) is 16.1 Å². The number of rotatable bonds is 4. The summed E-state index contributed by atoms with van der Waals surface area (Å²) in [5.74, 6) is -0.00537. The summed E-state index contributed by atoms with van der Waals surface area (Å²) < 4.78 is 5.25. The molecule has 0 bridgehead atoms. The van der Waals surface area contributed by atoms with E-state index in [1.165, 1.54) is 0 Å². The summed E-state index contributed by atoms with van der Waals surface area (Å²) in [4.78, 5) is 42.8. The van der Waals surface area contributed by atoms with Crippen LogP contribution in [0.4, 0.5) is 5.69 Å².